The Morgan fingerprint density at radius 1 is 1.60 bits per heavy atom. The summed E-state index contributed by atoms with van der Waals surface area (Å²) in [5, 5.41) is 0. The van der Waals surface area contributed by atoms with Crippen molar-refractivity contribution < 1.29 is 19.0 Å². The van der Waals surface area contributed by atoms with E-state index in [1.165, 1.54) is 13.4 Å². The first kappa shape index (κ1) is 12.0. The first-order valence-electron chi connectivity index (χ1n) is 5.28. The lowest BCUT2D eigenvalue weighted by atomic mass is 9.92. The fraction of sp³-hybridized carbons (Fsp3) is 0.727. The number of carbonyl (C=O) groups is 1. The Balaban J connectivity index is 2.67. The normalized spacial score (nSPS) is 25.4. The molecule has 0 spiro atoms. The van der Waals surface area contributed by atoms with Gasteiger partial charge < -0.3 is 14.2 Å². The van der Waals surface area contributed by atoms with E-state index in [9.17, 15) is 4.79 Å². The maximum atomic E-state index is 11.4. The SMILES string of the molecule is CCO[C@@H]1C[C@H](CC)C(C(=O)OC)=CO1. The van der Waals surface area contributed by atoms with E-state index in [1.54, 1.807) is 0 Å². The molecule has 0 aromatic heterocycles. The average molecular weight is 214 g/mol. The van der Waals surface area contributed by atoms with Gasteiger partial charge in [-0.05, 0) is 19.3 Å². The second kappa shape index (κ2) is 5.75. The van der Waals surface area contributed by atoms with Crippen molar-refractivity contribution in [3.63, 3.8) is 0 Å². The molecule has 0 aliphatic carbocycles. The minimum Gasteiger partial charge on any atom is -0.472 e. The monoisotopic (exact) mass is 214 g/mol. The number of esters is 1. The molecule has 15 heavy (non-hydrogen) atoms. The molecule has 4 nitrogen and oxygen atoms in total. The third-order valence-electron chi connectivity index (χ3n) is 2.53. The molecule has 0 radical (unpaired) electrons. The molecular formula is C11H18O4. The van der Waals surface area contributed by atoms with Crippen molar-refractivity contribution in [1.82, 2.24) is 0 Å². The fourth-order valence-corrected chi connectivity index (χ4v) is 1.67. The van der Waals surface area contributed by atoms with Gasteiger partial charge in [0.15, 0.2) is 6.29 Å². The molecule has 0 unspecified atom stereocenters. The van der Waals surface area contributed by atoms with Crippen LogP contribution in [0.2, 0.25) is 0 Å². The molecule has 0 saturated heterocycles. The lowest BCUT2D eigenvalue weighted by Crippen LogP contribution is -2.28. The molecule has 86 valence electrons. The number of ether oxygens (including phenoxy) is 3. The Morgan fingerprint density at radius 3 is 2.87 bits per heavy atom. The van der Waals surface area contributed by atoms with Crippen LogP contribution in [0.5, 0.6) is 0 Å². The molecular weight excluding hydrogens is 196 g/mol. The third-order valence-corrected chi connectivity index (χ3v) is 2.53. The Hall–Kier alpha value is -1.03. The predicted molar refractivity (Wildman–Crippen MR) is 55.0 cm³/mol. The van der Waals surface area contributed by atoms with Gasteiger partial charge in [0.25, 0.3) is 0 Å². The molecule has 0 saturated carbocycles. The summed E-state index contributed by atoms with van der Waals surface area (Å²) in [5.41, 5.74) is 0.607. The topological polar surface area (TPSA) is 44.8 Å². The zero-order valence-electron chi connectivity index (χ0n) is 9.49. The summed E-state index contributed by atoms with van der Waals surface area (Å²) in [6.07, 6.45) is 2.84. The van der Waals surface area contributed by atoms with Crippen LogP contribution in [0.1, 0.15) is 26.7 Å². The zero-order chi connectivity index (χ0) is 11.3. The van der Waals surface area contributed by atoms with Crippen LogP contribution in [0.15, 0.2) is 11.8 Å². The highest BCUT2D eigenvalue weighted by molar-refractivity contribution is 5.88. The predicted octanol–water partition coefficient (Wildman–Crippen LogP) is 1.85. The average Bonchev–Trinajstić information content (AvgIpc) is 2.28. The van der Waals surface area contributed by atoms with Crippen molar-refractivity contribution in [2.24, 2.45) is 5.92 Å². The molecule has 0 amide bonds. The number of hydrogen-bond acceptors (Lipinski definition) is 4. The summed E-state index contributed by atoms with van der Waals surface area (Å²) in [5.74, 6) is -0.139. The zero-order valence-corrected chi connectivity index (χ0v) is 9.49. The van der Waals surface area contributed by atoms with Crippen molar-refractivity contribution in [3.05, 3.63) is 11.8 Å². The molecule has 4 heteroatoms. The van der Waals surface area contributed by atoms with Crippen LogP contribution in [-0.4, -0.2) is 26.0 Å². The highest BCUT2D eigenvalue weighted by atomic mass is 16.7. The van der Waals surface area contributed by atoms with Crippen molar-refractivity contribution in [2.75, 3.05) is 13.7 Å². The van der Waals surface area contributed by atoms with Crippen LogP contribution in [-0.2, 0) is 19.0 Å². The van der Waals surface area contributed by atoms with E-state index >= 15 is 0 Å². The molecule has 1 aliphatic heterocycles. The van der Waals surface area contributed by atoms with E-state index in [0.717, 1.165) is 6.42 Å². The van der Waals surface area contributed by atoms with Gasteiger partial charge in [-0.25, -0.2) is 4.79 Å². The van der Waals surface area contributed by atoms with Crippen molar-refractivity contribution in [2.45, 2.75) is 33.0 Å². The molecule has 2 atom stereocenters. The van der Waals surface area contributed by atoms with Gasteiger partial charge in [-0.1, -0.05) is 6.92 Å². The van der Waals surface area contributed by atoms with Gasteiger partial charge >= 0.3 is 5.97 Å². The van der Waals surface area contributed by atoms with Crippen LogP contribution in [0.4, 0.5) is 0 Å². The summed E-state index contributed by atoms with van der Waals surface area (Å²) in [6.45, 7) is 4.57. The molecule has 0 bridgehead atoms. The summed E-state index contributed by atoms with van der Waals surface area (Å²) in [7, 11) is 1.38. The van der Waals surface area contributed by atoms with E-state index < -0.39 is 0 Å². The molecule has 1 rings (SSSR count). The van der Waals surface area contributed by atoms with Crippen LogP contribution < -0.4 is 0 Å². The molecule has 0 aromatic carbocycles. The van der Waals surface area contributed by atoms with E-state index in [4.69, 9.17) is 9.47 Å². The van der Waals surface area contributed by atoms with Gasteiger partial charge in [0.2, 0.25) is 0 Å². The van der Waals surface area contributed by atoms with E-state index in [2.05, 4.69) is 4.74 Å². The minimum absolute atomic E-state index is 0.169. The first-order valence-corrected chi connectivity index (χ1v) is 5.28. The van der Waals surface area contributed by atoms with Crippen LogP contribution in [0, 0.1) is 5.92 Å². The van der Waals surface area contributed by atoms with Gasteiger partial charge in [0.05, 0.1) is 18.9 Å². The largest absolute Gasteiger partial charge is 0.472 e. The van der Waals surface area contributed by atoms with E-state index in [1.807, 2.05) is 13.8 Å². The standard InChI is InChI=1S/C11H18O4/c1-4-8-6-10(14-5-2)15-7-9(8)11(12)13-3/h7-8,10H,4-6H2,1-3H3/t8-,10-/m0/s1. The quantitative estimate of drug-likeness (QED) is 0.670. The lowest BCUT2D eigenvalue weighted by Gasteiger charge is -2.27. The minimum atomic E-state index is -0.309. The Labute approximate surface area is 90.2 Å². The highest BCUT2D eigenvalue weighted by Gasteiger charge is 2.29. The summed E-state index contributed by atoms with van der Waals surface area (Å²) >= 11 is 0. The van der Waals surface area contributed by atoms with Gasteiger partial charge in [-0.2, -0.15) is 0 Å². The summed E-state index contributed by atoms with van der Waals surface area (Å²) in [6, 6.07) is 0. The van der Waals surface area contributed by atoms with Crippen molar-refractivity contribution in [1.29, 1.82) is 0 Å². The number of carbonyl (C=O) groups excluding carboxylic acids is 1. The van der Waals surface area contributed by atoms with Gasteiger partial charge in [-0.3, -0.25) is 0 Å². The van der Waals surface area contributed by atoms with Gasteiger partial charge in [0.1, 0.15) is 0 Å². The van der Waals surface area contributed by atoms with E-state index in [0.29, 0.717) is 18.6 Å². The molecule has 0 N–H and O–H groups in total. The Kier molecular flexibility index (Phi) is 4.62. The Bertz CT molecular complexity index is 247. The molecule has 0 fully saturated rings. The first-order chi connectivity index (χ1) is 7.22. The summed E-state index contributed by atoms with van der Waals surface area (Å²) in [4.78, 5) is 11.4. The molecule has 1 aliphatic rings. The second-order valence-corrected chi connectivity index (χ2v) is 3.43. The smallest absolute Gasteiger partial charge is 0.337 e. The maximum Gasteiger partial charge on any atom is 0.337 e. The highest BCUT2D eigenvalue weighted by Crippen LogP contribution is 2.28. The molecule has 1 heterocycles. The number of methoxy groups -OCH3 is 1. The van der Waals surface area contributed by atoms with Crippen molar-refractivity contribution >= 4 is 5.97 Å². The van der Waals surface area contributed by atoms with Crippen molar-refractivity contribution in [3.8, 4) is 0 Å². The maximum absolute atomic E-state index is 11.4. The Morgan fingerprint density at radius 2 is 2.33 bits per heavy atom. The fourth-order valence-electron chi connectivity index (χ4n) is 1.67. The van der Waals surface area contributed by atoms with Gasteiger partial charge in [-0.15, -0.1) is 0 Å². The van der Waals surface area contributed by atoms with Crippen LogP contribution in [0.25, 0.3) is 0 Å². The summed E-state index contributed by atoms with van der Waals surface area (Å²) < 4.78 is 15.3. The number of hydrogen-bond donors (Lipinski definition) is 0. The van der Waals surface area contributed by atoms with E-state index in [-0.39, 0.29) is 18.2 Å². The number of rotatable bonds is 4. The van der Waals surface area contributed by atoms with Gasteiger partial charge in [0, 0.05) is 13.0 Å². The van der Waals surface area contributed by atoms with Crippen LogP contribution in [0.3, 0.4) is 0 Å². The van der Waals surface area contributed by atoms with Crippen LogP contribution >= 0.6 is 0 Å². The molecule has 0 aromatic rings. The second-order valence-electron chi connectivity index (χ2n) is 3.43. The lowest BCUT2D eigenvalue weighted by molar-refractivity contribution is -0.143. The third kappa shape index (κ3) is 2.96.